The highest BCUT2D eigenvalue weighted by atomic mass is 16.5. The van der Waals surface area contributed by atoms with Gasteiger partial charge in [-0.25, -0.2) is 19.9 Å². The van der Waals surface area contributed by atoms with Crippen LogP contribution >= 0.6 is 0 Å². The molecule has 62 heavy (non-hydrogen) atoms. The van der Waals surface area contributed by atoms with E-state index in [1.807, 2.05) is 25.4 Å². The lowest BCUT2D eigenvalue weighted by molar-refractivity contribution is -0.136. The highest BCUT2D eigenvalue weighted by molar-refractivity contribution is 6.24. The first-order valence-electron chi connectivity index (χ1n) is 21.5. The number of anilines is 1. The molecule has 0 unspecified atom stereocenters. The maximum atomic E-state index is 13.4. The Bertz CT molecular complexity index is 2400. The summed E-state index contributed by atoms with van der Waals surface area (Å²) in [6, 6.07) is 9.52. The molecule has 0 spiro atoms. The van der Waals surface area contributed by atoms with Crippen molar-refractivity contribution in [3.8, 4) is 5.75 Å². The monoisotopic (exact) mass is 846 g/mol. The summed E-state index contributed by atoms with van der Waals surface area (Å²) in [6.07, 6.45) is 8.10. The van der Waals surface area contributed by atoms with Crippen molar-refractivity contribution >= 4 is 52.4 Å². The second-order valence-corrected chi connectivity index (χ2v) is 16.8. The minimum Gasteiger partial charge on any atom is -0.483 e. The number of imide groups is 2. The summed E-state index contributed by atoms with van der Waals surface area (Å²) in [4.78, 5) is 102. The van der Waals surface area contributed by atoms with E-state index in [-0.39, 0.29) is 66.3 Å². The predicted molar refractivity (Wildman–Crippen MR) is 223 cm³/mol. The number of carbonyl (C=O) groups is 6. The molecular weight excluding hydrogens is 797 g/mol. The van der Waals surface area contributed by atoms with Crippen molar-refractivity contribution < 1.29 is 33.5 Å². The van der Waals surface area contributed by atoms with E-state index < -0.39 is 29.7 Å². The summed E-state index contributed by atoms with van der Waals surface area (Å²) >= 11 is 0. The number of aryl methyl sites for hydroxylation is 1. The van der Waals surface area contributed by atoms with E-state index in [1.165, 1.54) is 12.1 Å². The molecule has 19 heteroatoms. The maximum absolute atomic E-state index is 13.4. The van der Waals surface area contributed by atoms with Gasteiger partial charge in [-0.05, 0) is 82.8 Å². The third-order valence-electron chi connectivity index (χ3n) is 12.7. The van der Waals surface area contributed by atoms with Crippen LogP contribution in [0.25, 0.3) is 11.2 Å². The number of imidazole rings is 1. The van der Waals surface area contributed by atoms with Gasteiger partial charge in [0.15, 0.2) is 18.1 Å². The summed E-state index contributed by atoms with van der Waals surface area (Å²) in [7, 11) is 0. The number of rotatable bonds is 13. The van der Waals surface area contributed by atoms with Gasteiger partial charge in [-0.15, -0.1) is 0 Å². The molecule has 3 saturated heterocycles. The fraction of sp³-hybridized carbons (Fsp3) is 0.488. The fourth-order valence-corrected chi connectivity index (χ4v) is 9.15. The number of likely N-dealkylation sites (tertiary alicyclic amines) is 1. The van der Waals surface area contributed by atoms with Crippen molar-refractivity contribution in [3.05, 3.63) is 71.6 Å². The zero-order chi connectivity index (χ0) is 42.9. The number of hydrogen-bond acceptors (Lipinski definition) is 14. The summed E-state index contributed by atoms with van der Waals surface area (Å²) in [5.41, 5.74) is 2.93. The van der Waals surface area contributed by atoms with Crippen molar-refractivity contribution in [1.82, 2.24) is 54.7 Å². The molecule has 0 bridgehead atoms. The largest absolute Gasteiger partial charge is 0.483 e. The molecule has 1 saturated carbocycles. The van der Waals surface area contributed by atoms with Crippen LogP contribution in [-0.4, -0.2) is 157 Å². The molecule has 19 nitrogen and oxygen atoms in total. The normalized spacial score (nSPS) is 22.4. The van der Waals surface area contributed by atoms with Crippen LogP contribution in [0.4, 0.5) is 5.82 Å². The fourth-order valence-electron chi connectivity index (χ4n) is 9.15. The number of fused-ring (bicyclic) bond motifs is 2. The molecule has 5 aliphatic rings. The number of piperidine rings is 2. The number of pyridine rings is 1. The molecule has 4 fully saturated rings. The molecule has 7 heterocycles. The van der Waals surface area contributed by atoms with Gasteiger partial charge in [-0.1, -0.05) is 12.1 Å². The van der Waals surface area contributed by atoms with E-state index in [9.17, 15) is 28.8 Å². The van der Waals surface area contributed by atoms with E-state index >= 15 is 0 Å². The smallest absolute Gasteiger partial charge is 0.270 e. The van der Waals surface area contributed by atoms with E-state index in [1.54, 1.807) is 23.4 Å². The molecule has 0 radical (unpaired) electrons. The first-order chi connectivity index (χ1) is 30.1. The van der Waals surface area contributed by atoms with Gasteiger partial charge in [-0.3, -0.25) is 43.9 Å². The average Bonchev–Trinajstić information content (AvgIpc) is 3.80. The second-order valence-electron chi connectivity index (χ2n) is 16.8. The van der Waals surface area contributed by atoms with Gasteiger partial charge < -0.3 is 29.7 Å². The van der Waals surface area contributed by atoms with Crippen LogP contribution in [0, 0.1) is 6.92 Å². The minimum absolute atomic E-state index is 0.0249. The Morgan fingerprint density at radius 2 is 1.61 bits per heavy atom. The van der Waals surface area contributed by atoms with E-state index in [0.717, 1.165) is 98.9 Å². The number of ether oxygens (including phenoxy) is 1. The first-order valence-corrected chi connectivity index (χ1v) is 21.5. The van der Waals surface area contributed by atoms with Gasteiger partial charge in [0.2, 0.25) is 11.8 Å². The maximum Gasteiger partial charge on any atom is 0.270 e. The van der Waals surface area contributed by atoms with Crippen LogP contribution in [-0.2, 0) is 14.4 Å². The van der Waals surface area contributed by atoms with E-state index in [4.69, 9.17) is 9.72 Å². The first kappa shape index (κ1) is 41.0. The third-order valence-corrected chi connectivity index (χ3v) is 12.7. The van der Waals surface area contributed by atoms with Gasteiger partial charge in [0.25, 0.3) is 23.6 Å². The Kier molecular flexibility index (Phi) is 11.6. The number of benzene rings is 1. The third kappa shape index (κ3) is 8.46. The molecule has 1 aliphatic carbocycles. The van der Waals surface area contributed by atoms with Crippen molar-refractivity contribution in [3.63, 3.8) is 0 Å². The van der Waals surface area contributed by atoms with Gasteiger partial charge in [0.05, 0.1) is 17.5 Å². The lowest BCUT2D eigenvalue weighted by Gasteiger charge is -2.36. The summed E-state index contributed by atoms with van der Waals surface area (Å²) < 4.78 is 7.93. The second kappa shape index (κ2) is 17.6. The summed E-state index contributed by atoms with van der Waals surface area (Å²) in [5.74, 6) is -1.93. The number of aromatic nitrogens is 5. The Hall–Kier alpha value is -6.34. The molecule has 3 N–H and O–H groups in total. The summed E-state index contributed by atoms with van der Waals surface area (Å²) in [6.45, 7) is 8.10. The molecule has 1 aromatic carbocycles. The highest BCUT2D eigenvalue weighted by Crippen LogP contribution is 2.36. The van der Waals surface area contributed by atoms with Crippen molar-refractivity contribution in [2.24, 2.45) is 0 Å². The quantitative estimate of drug-likeness (QED) is 0.163. The Morgan fingerprint density at radius 3 is 2.37 bits per heavy atom. The molecule has 4 aromatic rings. The van der Waals surface area contributed by atoms with E-state index in [0.29, 0.717) is 18.8 Å². The lowest BCUT2D eigenvalue weighted by Crippen LogP contribution is -2.54. The van der Waals surface area contributed by atoms with Crippen molar-refractivity contribution in [2.45, 2.75) is 76.0 Å². The molecular formula is C43H50N12O7. The summed E-state index contributed by atoms with van der Waals surface area (Å²) in [5, 5.41) is 8.93. The Balaban J connectivity index is 0.675. The molecule has 1 atom stereocenters. The topological polar surface area (TPSA) is 217 Å². The average molecular weight is 847 g/mol. The molecule has 324 valence electrons. The number of nitrogens with zero attached hydrogens (tertiary/aromatic N) is 9. The van der Waals surface area contributed by atoms with Crippen LogP contribution < -0.4 is 20.7 Å². The van der Waals surface area contributed by atoms with Gasteiger partial charge in [-0.2, -0.15) is 0 Å². The molecule has 9 rings (SSSR count). The standard InChI is InChI=1S/C43H50N12O7/c1-26-5-2-7-31(47-26)40(58)49-28-21-29(22-28)54-25-46-37-38(44-24-45-39(37)54)48-27-11-15-51(16-12-27)13-4-14-52-17-19-53(20-18-52)35(57)23-62-33-8-3-6-30-36(33)43(61)55(42(30)60)32-9-10-34(56)50-41(32)59/h2-3,5-8,24-25,27-29,32H,4,9-23H2,1H3,(H,49,58)(H,44,45,48)(H,50,56,59)/t28?,29?,32-/m0/s1. The van der Waals surface area contributed by atoms with Crippen LogP contribution in [0.5, 0.6) is 5.75 Å². The van der Waals surface area contributed by atoms with Crippen LogP contribution in [0.2, 0.25) is 0 Å². The Morgan fingerprint density at radius 1 is 0.855 bits per heavy atom. The van der Waals surface area contributed by atoms with Crippen molar-refractivity contribution in [1.29, 1.82) is 0 Å². The minimum atomic E-state index is -1.08. The van der Waals surface area contributed by atoms with Crippen LogP contribution in [0.1, 0.15) is 87.9 Å². The van der Waals surface area contributed by atoms with E-state index in [2.05, 4.69) is 45.3 Å². The number of hydrogen-bond donors (Lipinski definition) is 3. The SMILES string of the molecule is Cc1cccc(C(=O)NC2CC(n3cnc4c(NC5CCN(CCCN6CCN(C(=O)COc7cccc8c7C(=O)N([C@H]7CCC(=O)NC7=O)C8=O)CC6)CC5)ncnc43)C2)n1. The number of carbonyl (C=O) groups excluding carboxylic acids is 6. The van der Waals surface area contributed by atoms with Crippen LogP contribution in [0.15, 0.2) is 49.1 Å². The zero-order valence-corrected chi connectivity index (χ0v) is 34.6. The van der Waals surface area contributed by atoms with Gasteiger partial charge in [0.1, 0.15) is 29.3 Å². The number of nitrogens with one attached hydrogen (secondary N) is 3. The lowest BCUT2D eigenvalue weighted by atomic mass is 9.86. The number of amides is 6. The molecule has 4 aliphatic heterocycles. The van der Waals surface area contributed by atoms with Gasteiger partial charge >= 0.3 is 0 Å². The van der Waals surface area contributed by atoms with Gasteiger partial charge in [0, 0.05) is 69.5 Å². The van der Waals surface area contributed by atoms with Crippen LogP contribution in [0.3, 0.4) is 0 Å². The molecule has 3 aromatic heterocycles. The highest BCUT2D eigenvalue weighted by Gasteiger charge is 2.46. The number of piperazine rings is 1. The zero-order valence-electron chi connectivity index (χ0n) is 34.6. The van der Waals surface area contributed by atoms with Crippen molar-refractivity contribution in [2.75, 3.05) is 64.3 Å². The Labute approximate surface area is 357 Å². The molecule has 6 amide bonds. The predicted octanol–water partition coefficient (Wildman–Crippen LogP) is 1.55.